The van der Waals surface area contributed by atoms with Crippen LogP contribution in [0.2, 0.25) is 0 Å². The minimum absolute atomic E-state index is 0.847. The third-order valence-electron chi connectivity index (χ3n) is 1.00. The minimum Gasteiger partial charge on any atom is -0.244 e. The van der Waals surface area contributed by atoms with Gasteiger partial charge in [0.25, 0.3) is 0 Å². The molecule has 1 heterocycles. The average Bonchev–Trinajstić information content (AvgIpc) is 1.89. The number of nitrogens with zero attached hydrogens (tertiary/aromatic N) is 2. The highest BCUT2D eigenvalue weighted by atomic mass is 79.9. The zero-order valence-electron chi connectivity index (χ0n) is 5.00. The summed E-state index contributed by atoms with van der Waals surface area (Å²) in [6, 6.07) is 0. The summed E-state index contributed by atoms with van der Waals surface area (Å²) in [5.74, 6) is 0. The van der Waals surface area contributed by atoms with Crippen molar-refractivity contribution in [3.8, 4) is 0 Å². The molecule has 0 N–H and O–H groups in total. The van der Waals surface area contributed by atoms with Crippen molar-refractivity contribution in [3.63, 3.8) is 0 Å². The lowest BCUT2D eigenvalue weighted by Crippen LogP contribution is -1.85. The van der Waals surface area contributed by atoms with Crippen LogP contribution in [0.1, 0.15) is 12.5 Å². The fourth-order valence-electron chi connectivity index (χ4n) is 0.519. The van der Waals surface area contributed by atoms with Gasteiger partial charge in [-0.1, -0.05) is 6.92 Å². The van der Waals surface area contributed by atoms with Crippen LogP contribution in [0.25, 0.3) is 0 Å². The maximum Gasteiger partial charge on any atom is 0.116 e. The summed E-state index contributed by atoms with van der Waals surface area (Å²) in [5, 5.41) is 0. The summed E-state index contributed by atoms with van der Waals surface area (Å²) in [6.07, 6.45) is 5.22. The van der Waals surface area contributed by atoms with E-state index in [0.29, 0.717) is 0 Å². The van der Waals surface area contributed by atoms with E-state index in [4.69, 9.17) is 0 Å². The van der Waals surface area contributed by atoms with Crippen LogP contribution >= 0.6 is 15.9 Å². The zero-order valence-corrected chi connectivity index (χ0v) is 6.59. The molecule has 0 spiro atoms. The van der Waals surface area contributed by atoms with Gasteiger partial charge in [0.2, 0.25) is 0 Å². The lowest BCUT2D eigenvalue weighted by atomic mass is 10.3. The molecule has 0 aliphatic carbocycles. The molecule has 0 saturated carbocycles. The standard InChI is InChI=1S/C6H6BrN2/c1-2-5-3-8-4-9-6(5)7/h2-4H,1H3. The first-order valence-electron chi connectivity index (χ1n) is 2.59. The third-order valence-corrected chi connectivity index (χ3v) is 1.66. The van der Waals surface area contributed by atoms with Crippen LogP contribution in [0.15, 0.2) is 17.1 Å². The lowest BCUT2D eigenvalue weighted by molar-refractivity contribution is 1.10. The Morgan fingerprint density at radius 2 is 2.44 bits per heavy atom. The quantitative estimate of drug-likeness (QED) is 0.625. The smallest absolute Gasteiger partial charge is 0.116 e. The summed E-state index contributed by atoms with van der Waals surface area (Å²) in [6.45, 7) is 1.95. The molecule has 3 heteroatoms. The molecule has 1 rings (SSSR count). The first-order chi connectivity index (χ1) is 4.34. The van der Waals surface area contributed by atoms with Crippen LogP contribution in [-0.4, -0.2) is 9.97 Å². The summed E-state index contributed by atoms with van der Waals surface area (Å²) in [7, 11) is 0. The van der Waals surface area contributed by atoms with Crippen molar-refractivity contribution in [3.05, 3.63) is 29.1 Å². The van der Waals surface area contributed by atoms with Crippen molar-refractivity contribution in [2.45, 2.75) is 6.92 Å². The normalized spacial score (nSPS) is 9.56. The number of hydrogen-bond donors (Lipinski definition) is 0. The van der Waals surface area contributed by atoms with Gasteiger partial charge in [-0.2, -0.15) is 0 Å². The van der Waals surface area contributed by atoms with E-state index in [0.717, 1.165) is 10.2 Å². The maximum atomic E-state index is 3.92. The van der Waals surface area contributed by atoms with E-state index in [1.807, 2.05) is 13.3 Å². The van der Waals surface area contributed by atoms with Crippen LogP contribution in [0.5, 0.6) is 0 Å². The highest BCUT2D eigenvalue weighted by molar-refractivity contribution is 9.10. The van der Waals surface area contributed by atoms with Crippen LogP contribution in [-0.2, 0) is 0 Å². The van der Waals surface area contributed by atoms with Gasteiger partial charge in [0, 0.05) is 11.8 Å². The molecule has 0 atom stereocenters. The molecular weight excluding hydrogens is 180 g/mol. The highest BCUT2D eigenvalue weighted by Crippen LogP contribution is 2.11. The molecule has 0 amide bonds. The van der Waals surface area contributed by atoms with Crippen molar-refractivity contribution < 1.29 is 0 Å². The van der Waals surface area contributed by atoms with E-state index < -0.39 is 0 Å². The summed E-state index contributed by atoms with van der Waals surface area (Å²) in [4.78, 5) is 7.77. The summed E-state index contributed by atoms with van der Waals surface area (Å²) >= 11 is 3.27. The molecule has 2 nitrogen and oxygen atoms in total. The van der Waals surface area contributed by atoms with Crippen molar-refractivity contribution in [2.24, 2.45) is 0 Å². The molecule has 0 aliphatic heterocycles. The molecule has 0 saturated heterocycles. The van der Waals surface area contributed by atoms with Gasteiger partial charge in [0.15, 0.2) is 0 Å². The van der Waals surface area contributed by atoms with Gasteiger partial charge in [0.05, 0.1) is 0 Å². The molecule has 0 aromatic carbocycles. The second-order valence-corrected chi connectivity index (χ2v) is 2.31. The molecular formula is C6H6BrN2. The highest BCUT2D eigenvalue weighted by Gasteiger charge is 1.94. The SMILES string of the molecule is C[CH]c1cncnc1Br. The molecule has 1 radical (unpaired) electrons. The second-order valence-electron chi connectivity index (χ2n) is 1.56. The average molecular weight is 186 g/mol. The molecule has 47 valence electrons. The lowest BCUT2D eigenvalue weighted by Gasteiger charge is -1.94. The summed E-state index contributed by atoms with van der Waals surface area (Å²) < 4.78 is 0.847. The Hall–Kier alpha value is -0.440. The number of aromatic nitrogens is 2. The molecule has 0 fully saturated rings. The fraction of sp³-hybridized carbons (Fsp3) is 0.167. The fourth-order valence-corrected chi connectivity index (χ4v) is 0.942. The Labute approximate surface area is 62.5 Å². The topological polar surface area (TPSA) is 25.8 Å². The zero-order chi connectivity index (χ0) is 6.69. The van der Waals surface area contributed by atoms with Crippen LogP contribution in [0, 0.1) is 6.42 Å². The molecule has 1 aromatic heterocycles. The van der Waals surface area contributed by atoms with E-state index in [9.17, 15) is 0 Å². The van der Waals surface area contributed by atoms with Gasteiger partial charge >= 0.3 is 0 Å². The van der Waals surface area contributed by atoms with E-state index in [1.165, 1.54) is 6.33 Å². The van der Waals surface area contributed by atoms with Crippen molar-refractivity contribution in [1.82, 2.24) is 9.97 Å². The number of rotatable bonds is 1. The van der Waals surface area contributed by atoms with Gasteiger partial charge in [0.1, 0.15) is 10.9 Å². The Morgan fingerprint density at radius 1 is 1.67 bits per heavy atom. The van der Waals surface area contributed by atoms with E-state index >= 15 is 0 Å². The Kier molecular flexibility index (Phi) is 2.16. The van der Waals surface area contributed by atoms with Crippen molar-refractivity contribution in [2.75, 3.05) is 0 Å². The summed E-state index contributed by atoms with van der Waals surface area (Å²) in [5.41, 5.74) is 1.03. The van der Waals surface area contributed by atoms with Crippen LogP contribution in [0.4, 0.5) is 0 Å². The molecule has 0 unspecified atom stereocenters. The van der Waals surface area contributed by atoms with Gasteiger partial charge in [-0.15, -0.1) is 0 Å². The van der Waals surface area contributed by atoms with E-state index in [2.05, 4.69) is 25.9 Å². The molecule has 0 bridgehead atoms. The Morgan fingerprint density at radius 3 is 2.89 bits per heavy atom. The van der Waals surface area contributed by atoms with Gasteiger partial charge < -0.3 is 0 Å². The second kappa shape index (κ2) is 2.92. The first-order valence-corrected chi connectivity index (χ1v) is 3.38. The van der Waals surface area contributed by atoms with Gasteiger partial charge in [-0.3, -0.25) is 0 Å². The molecule has 0 aliphatic rings. The van der Waals surface area contributed by atoms with Crippen LogP contribution in [0.3, 0.4) is 0 Å². The maximum absolute atomic E-state index is 3.92. The van der Waals surface area contributed by atoms with E-state index in [-0.39, 0.29) is 0 Å². The van der Waals surface area contributed by atoms with Gasteiger partial charge in [-0.25, -0.2) is 9.97 Å². The Bertz CT molecular complexity index is 200. The Balaban J connectivity index is 3.01. The van der Waals surface area contributed by atoms with Crippen molar-refractivity contribution >= 4 is 15.9 Å². The first kappa shape index (κ1) is 6.68. The van der Waals surface area contributed by atoms with E-state index in [1.54, 1.807) is 6.20 Å². The largest absolute Gasteiger partial charge is 0.244 e. The van der Waals surface area contributed by atoms with Gasteiger partial charge in [-0.05, 0) is 22.4 Å². The molecule has 9 heavy (non-hydrogen) atoms. The predicted octanol–water partition coefficient (Wildman–Crippen LogP) is 1.81. The third kappa shape index (κ3) is 1.48. The predicted molar refractivity (Wildman–Crippen MR) is 38.8 cm³/mol. The number of halogens is 1. The molecule has 1 aromatic rings. The monoisotopic (exact) mass is 185 g/mol. The van der Waals surface area contributed by atoms with Crippen molar-refractivity contribution in [1.29, 1.82) is 0 Å². The minimum atomic E-state index is 0.847. The number of hydrogen-bond acceptors (Lipinski definition) is 2. The van der Waals surface area contributed by atoms with Crippen LogP contribution < -0.4 is 0 Å².